The number of benzene rings is 1. The number of nitrogens with zero attached hydrogens (tertiary/aromatic N) is 1. The Morgan fingerprint density at radius 1 is 1.35 bits per heavy atom. The molecule has 2 rings (SSSR count). The summed E-state index contributed by atoms with van der Waals surface area (Å²) in [4.78, 5) is 24.7. The maximum atomic E-state index is 12.2. The fourth-order valence-electron chi connectivity index (χ4n) is 2.45. The van der Waals surface area contributed by atoms with Crippen LogP contribution in [0.5, 0.6) is 11.5 Å². The van der Waals surface area contributed by atoms with Gasteiger partial charge < -0.3 is 24.8 Å². The number of rotatable bonds is 5. The highest BCUT2D eigenvalue weighted by molar-refractivity contribution is 5.90. The maximum Gasteiger partial charge on any atom is 0.321 e. The Morgan fingerprint density at radius 3 is 2.65 bits per heavy atom. The topological polar surface area (TPSA) is 88.1 Å². The van der Waals surface area contributed by atoms with E-state index in [2.05, 4.69) is 5.32 Å². The largest absolute Gasteiger partial charge is 0.493 e. The van der Waals surface area contributed by atoms with Gasteiger partial charge in [-0.15, -0.1) is 0 Å². The van der Waals surface area contributed by atoms with Crippen LogP contribution in [0.3, 0.4) is 0 Å². The van der Waals surface area contributed by atoms with Crippen LogP contribution >= 0.6 is 0 Å². The molecule has 7 nitrogen and oxygen atoms in total. The van der Waals surface area contributed by atoms with Crippen LogP contribution in [-0.4, -0.2) is 48.3 Å². The van der Waals surface area contributed by atoms with Gasteiger partial charge in [-0.2, -0.15) is 0 Å². The number of hydrogen-bond donors (Lipinski definition) is 2. The number of likely N-dealkylation sites (tertiary alicyclic amines) is 1. The molecule has 1 fully saturated rings. The number of hydrogen-bond acceptors (Lipinski definition) is 4. The van der Waals surface area contributed by atoms with E-state index in [0.29, 0.717) is 30.2 Å². The zero-order valence-corrected chi connectivity index (χ0v) is 13.5. The summed E-state index contributed by atoms with van der Waals surface area (Å²) in [5.41, 5.74) is 0.574. The summed E-state index contributed by atoms with van der Waals surface area (Å²) < 4.78 is 10.9. The molecular weight excluding hydrogens is 300 g/mol. The number of aliphatic carboxylic acids is 1. The van der Waals surface area contributed by atoms with Gasteiger partial charge in [0.15, 0.2) is 11.5 Å². The minimum Gasteiger partial charge on any atom is -0.493 e. The summed E-state index contributed by atoms with van der Waals surface area (Å²) in [6.07, 6.45) is 0.456. The van der Waals surface area contributed by atoms with Gasteiger partial charge in [-0.3, -0.25) is 4.79 Å². The molecule has 1 aromatic rings. The van der Waals surface area contributed by atoms with Crippen molar-refractivity contribution in [3.8, 4) is 11.5 Å². The van der Waals surface area contributed by atoms with Crippen LogP contribution in [0.25, 0.3) is 0 Å². The maximum absolute atomic E-state index is 12.2. The quantitative estimate of drug-likeness (QED) is 0.869. The first-order chi connectivity index (χ1) is 10.9. The normalized spacial score (nSPS) is 17.2. The minimum atomic E-state index is -0.864. The van der Waals surface area contributed by atoms with E-state index in [1.807, 2.05) is 13.8 Å². The predicted octanol–water partition coefficient (Wildman–Crippen LogP) is 2.42. The van der Waals surface area contributed by atoms with Crippen molar-refractivity contribution in [2.45, 2.75) is 26.4 Å². The minimum absolute atomic E-state index is 0.0234. The van der Waals surface area contributed by atoms with Crippen molar-refractivity contribution in [2.24, 2.45) is 5.92 Å². The Kier molecular flexibility index (Phi) is 5.31. The number of carboxylic acids is 1. The summed E-state index contributed by atoms with van der Waals surface area (Å²) in [7, 11) is 1.55. The molecule has 126 valence electrons. The molecule has 1 atom stereocenters. The fraction of sp³-hybridized carbons (Fsp3) is 0.500. The number of anilines is 1. The van der Waals surface area contributed by atoms with Crippen LogP contribution in [-0.2, 0) is 4.79 Å². The summed E-state index contributed by atoms with van der Waals surface area (Å²) in [5, 5.41) is 11.8. The van der Waals surface area contributed by atoms with E-state index in [4.69, 9.17) is 14.6 Å². The highest BCUT2D eigenvalue weighted by atomic mass is 16.5. The van der Waals surface area contributed by atoms with Crippen LogP contribution in [0.15, 0.2) is 18.2 Å². The third-order valence-corrected chi connectivity index (χ3v) is 3.60. The third kappa shape index (κ3) is 4.28. The molecule has 23 heavy (non-hydrogen) atoms. The van der Waals surface area contributed by atoms with E-state index < -0.39 is 11.9 Å². The zero-order chi connectivity index (χ0) is 17.0. The Morgan fingerprint density at radius 2 is 2.09 bits per heavy atom. The lowest BCUT2D eigenvalue weighted by atomic mass is 10.1. The van der Waals surface area contributed by atoms with E-state index >= 15 is 0 Å². The standard InChI is InChI=1S/C16H22N2O5/c1-10(2)23-14-8-12(4-5-13(14)22-3)17-16(21)18-7-6-11(9-18)15(19)20/h4-5,8,10-11H,6-7,9H2,1-3H3,(H,17,21)(H,19,20). The first kappa shape index (κ1) is 16.9. The van der Waals surface area contributed by atoms with Crippen molar-refractivity contribution in [2.75, 3.05) is 25.5 Å². The lowest BCUT2D eigenvalue weighted by Crippen LogP contribution is -2.33. The molecule has 1 aliphatic heterocycles. The monoisotopic (exact) mass is 322 g/mol. The Bertz CT molecular complexity index is 588. The molecule has 0 aliphatic carbocycles. The van der Waals surface area contributed by atoms with Gasteiger partial charge in [0.1, 0.15) is 0 Å². The molecule has 2 amide bonds. The smallest absolute Gasteiger partial charge is 0.321 e. The van der Waals surface area contributed by atoms with E-state index in [-0.39, 0.29) is 18.7 Å². The molecule has 0 spiro atoms. The summed E-state index contributed by atoms with van der Waals surface area (Å²) >= 11 is 0. The molecule has 7 heteroatoms. The molecule has 1 aromatic carbocycles. The number of nitrogens with one attached hydrogen (secondary N) is 1. The fourth-order valence-corrected chi connectivity index (χ4v) is 2.45. The van der Waals surface area contributed by atoms with Crippen molar-refractivity contribution in [1.29, 1.82) is 0 Å². The highest BCUT2D eigenvalue weighted by Gasteiger charge is 2.30. The number of carboxylic acid groups (broad SMARTS) is 1. The van der Waals surface area contributed by atoms with Crippen molar-refractivity contribution in [3.05, 3.63) is 18.2 Å². The predicted molar refractivity (Wildman–Crippen MR) is 85.1 cm³/mol. The van der Waals surface area contributed by atoms with Crippen LogP contribution in [0.1, 0.15) is 20.3 Å². The van der Waals surface area contributed by atoms with Gasteiger partial charge in [0, 0.05) is 24.8 Å². The summed E-state index contributed by atoms with van der Waals surface area (Å²) in [6.45, 7) is 4.48. The molecule has 1 unspecified atom stereocenters. The van der Waals surface area contributed by atoms with Crippen molar-refractivity contribution >= 4 is 17.7 Å². The molecule has 0 bridgehead atoms. The Labute approximate surface area is 135 Å². The number of ether oxygens (including phenoxy) is 2. The second-order valence-corrected chi connectivity index (χ2v) is 5.73. The average molecular weight is 322 g/mol. The first-order valence-corrected chi connectivity index (χ1v) is 7.54. The van der Waals surface area contributed by atoms with Crippen LogP contribution in [0, 0.1) is 5.92 Å². The summed E-state index contributed by atoms with van der Waals surface area (Å²) in [5.74, 6) is -0.220. The second kappa shape index (κ2) is 7.21. The van der Waals surface area contributed by atoms with E-state index in [1.54, 1.807) is 25.3 Å². The van der Waals surface area contributed by atoms with Crippen molar-refractivity contribution in [3.63, 3.8) is 0 Å². The average Bonchev–Trinajstić information content (AvgIpc) is 2.97. The first-order valence-electron chi connectivity index (χ1n) is 7.54. The molecule has 2 N–H and O–H groups in total. The van der Waals surface area contributed by atoms with Gasteiger partial charge in [-0.05, 0) is 32.4 Å². The lowest BCUT2D eigenvalue weighted by Gasteiger charge is -2.18. The number of urea groups is 1. The van der Waals surface area contributed by atoms with Crippen molar-refractivity contribution < 1.29 is 24.2 Å². The third-order valence-electron chi connectivity index (χ3n) is 3.60. The van der Waals surface area contributed by atoms with Gasteiger partial charge in [0.25, 0.3) is 0 Å². The van der Waals surface area contributed by atoms with Gasteiger partial charge in [0.2, 0.25) is 0 Å². The van der Waals surface area contributed by atoms with E-state index in [1.165, 1.54) is 4.90 Å². The molecule has 1 heterocycles. The molecule has 1 saturated heterocycles. The molecular formula is C16H22N2O5. The van der Waals surface area contributed by atoms with Gasteiger partial charge >= 0.3 is 12.0 Å². The van der Waals surface area contributed by atoms with E-state index in [9.17, 15) is 9.59 Å². The van der Waals surface area contributed by atoms with Crippen LogP contribution < -0.4 is 14.8 Å². The molecule has 0 radical (unpaired) electrons. The number of carbonyl (C=O) groups excluding carboxylic acids is 1. The van der Waals surface area contributed by atoms with E-state index in [0.717, 1.165) is 0 Å². The second-order valence-electron chi connectivity index (χ2n) is 5.73. The van der Waals surface area contributed by atoms with Crippen molar-refractivity contribution in [1.82, 2.24) is 4.90 Å². The van der Waals surface area contributed by atoms with Gasteiger partial charge in [0.05, 0.1) is 19.1 Å². The Hall–Kier alpha value is -2.44. The number of amides is 2. The Balaban J connectivity index is 2.05. The molecule has 0 saturated carbocycles. The number of carbonyl (C=O) groups is 2. The number of methoxy groups -OCH3 is 1. The molecule has 0 aromatic heterocycles. The lowest BCUT2D eigenvalue weighted by molar-refractivity contribution is -0.141. The highest BCUT2D eigenvalue weighted by Crippen LogP contribution is 2.31. The zero-order valence-electron chi connectivity index (χ0n) is 13.5. The molecule has 1 aliphatic rings. The SMILES string of the molecule is COc1ccc(NC(=O)N2CCC(C(=O)O)C2)cc1OC(C)C. The van der Waals surface area contributed by atoms with Gasteiger partial charge in [-0.1, -0.05) is 0 Å². The van der Waals surface area contributed by atoms with Crippen LogP contribution in [0.2, 0.25) is 0 Å². The summed E-state index contributed by atoms with van der Waals surface area (Å²) in [6, 6.07) is 4.82. The van der Waals surface area contributed by atoms with Crippen LogP contribution in [0.4, 0.5) is 10.5 Å². The van der Waals surface area contributed by atoms with Gasteiger partial charge in [-0.25, -0.2) is 4.79 Å².